The number of methoxy groups -OCH3 is 2. The monoisotopic (exact) mass is 602 g/mol. The number of anilines is 1. The van der Waals surface area contributed by atoms with Crippen molar-refractivity contribution < 1.29 is 33.7 Å². The van der Waals surface area contributed by atoms with Crippen molar-refractivity contribution >= 4 is 35.1 Å². The van der Waals surface area contributed by atoms with Gasteiger partial charge in [-0.1, -0.05) is 50.6 Å². The SMILES string of the molecule is CCOC(=O)C1CCN(C(=O)CCC(=O)N(CC(C)(C)C)c2c(OC)cc(Cl)cc2C(O)c2ccccc2OC)CC1. The van der Waals surface area contributed by atoms with Gasteiger partial charge in [0.2, 0.25) is 11.8 Å². The fraction of sp³-hybridized carbons (Fsp3) is 0.531. The Morgan fingerprint density at radius 3 is 2.26 bits per heavy atom. The fourth-order valence-corrected chi connectivity index (χ4v) is 5.42. The standard InChI is InChI=1S/C32H43ClN2O7/c1-7-42-31(39)21-14-16-34(17-15-21)27(36)12-13-28(37)35(20-32(2,3)4)29-24(18-22(33)19-26(29)41-6)30(38)23-10-8-9-11-25(23)40-5/h8-11,18-19,21,30,38H,7,12-17,20H2,1-6H3. The maximum Gasteiger partial charge on any atom is 0.309 e. The van der Waals surface area contributed by atoms with Crippen molar-refractivity contribution in [2.45, 2.75) is 59.5 Å². The van der Waals surface area contributed by atoms with Crippen LogP contribution in [0.15, 0.2) is 36.4 Å². The van der Waals surface area contributed by atoms with Crippen molar-refractivity contribution in [1.82, 2.24) is 4.90 Å². The topological polar surface area (TPSA) is 106 Å². The molecule has 0 spiro atoms. The van der Waals surface area contributed by atoms with E-state index in [2.05, 4.69) is 0 Å². The van der Waals surface area contributed by atoms with E-state index >= 15 is 0 Å². The Bertz CT molecular complexity index is 1250. The lowest BCUT2D eigenvalue weighted by Crippen LogP contribution is -2.42. The highest BCUT2D eigenvalue weighted by Crippen LogP contribution is 2.43. The number of esters is 1. The number of ether oxygens (including phenoxy) is 3. The number of aliphatic hydroxyl groups excluding tert-OH is 1. The molecule has 1 unspecified atom stereocenters. The zero-order chi connectivity index (χ0) is 31.0. The lowest BCUT2D eigenvalue weighted by Gasteiger charge is -2.34. The number of amides is 2. The second kappa shape index (κ2) is 14.7. The average Bonchev–Trinajstić information content (AvgIpc) is 2.97. The summed E-state index contributed by atoms with van der Waals surface area (Å²) in [6, 6.07) is 10.3. The normalized spacial score (nSPS) is 14.7. The zero-order valence-electron chi connectivity index (χ0n) is 25.4. The lowest BCUT2D eigenvalue weighted by molar-refractivity contribution is -0.151. The molecule has 2 aromatic rings. The number of para-hydroxylation sites is 1. The number of aliphatic hydroxyl groups is 1. The molecule has 0 aliphatic carbocycles. The van der Waals surface area contributed by atoms with E-state index in [4.69, 9.17) is 25.8 Å². The molecule has 1 N–H and O–H groups in total. The smallest absolute Gasteiger partial charge is 0.309 e. The molecule has 3 rings (SSSR count). The van der Waals surface area contributed by atoms with Crippen LogP contribution in [0.25, 0.3) is 0 Å². The number of likely N-dealkylation sites (tertiary alicyclic amines) is 1. The molecule has 10 heteroatoms. The molecule has 9 nitrogen and oxygen atoms in total. The van der Waals surface area contributed by atoms with Crippen LogP contribution < -0.4 is 14.4 Å². The Morgan fingerprint density at radius 2 is 1.67 bits per heavy atom. The fourth-order valence-electron chi connectivity index (χ4n) is 5.21. The molecule has 1 heterocycles. The molecule has 0 bridgehead atoms. The molecule has 2 amide bonds. The first-order chi connectivity index (χ1) is 19.9. The highest BCUT2D eigenvalue weighted by Gasteiger charge is 2.32. The van der Waals surface area contributed by atoms with Gasteiger partial charge >= 0.3 is 5.97 Å². The molecule has 0 radical (unpaired) electrons. The van der Waals surface area contributed by atoms with E-state index < -0.39 is 6.10 Å². The van der Waals surface area contributed by atoms with Gasteiger partial charge in [-0.15, -0.1) is 0 Å². The van der Waals surface area contributed by atoms with Crippen LogP contribution in [0, 0.1) is 11.3 Å². The van der Waals surface area contributed by atoms with Crippen LogP contribution in [0.5, 0.6) is 11.5 Å². The van der Waals surface area contributed by atoms with Gasteiger partial charge in [-0.25, -0.2) is 0 Å². The molecule has 0 aromatic heterocycles. The molecule has 0 saturated carbocycles. The number of halogens is 1. The van der Waals surface area contributed by atoms with Gasteiger partial charge in [-0.3, -0.25) is 14.4 Å². The third-order valence-electron chi connectivity index (χ3n) is 7.24. The Hall–Kier alpha value is -3.30. The predicted molar refractivity (Wildman–Crippen MR) is 162 cm³/mol. The van der Waals surface area contributed by atoms with Crippen LogP contribution in [-0.2, 0) is 19.1 Å². The van der Waals surface area contributed by atoms with Crippen LogP contribution in [0.2, 0.25) is 5.02 Å². The van der Waals surface area contributed by atoms with Crippen molar-refractivity contribution in [2.24, 2.45) is 11.3 Å². The maximum atomic E-state index is 13.9. The zero-order valence-corrected chi connectivity index (χ0v) is 26.2. The van der Waals surface area contributed by atoms with Gasteiger partial charge in [0.15, 0.2) is 0 Å². The first-order valence-electron chi connectivity index (χ1n) is 14.3. The van der Waals surface area contributed by atoms with E-state index in [0.29, 0.717) is 72.4 Å². The number of hydrogen-bond acceptors (Lipinski definition) is 7. The molecule has 1 aliphatic heterocycles. The number of hydrogen-bond donors (Lipinski definition) is 1. The summed E-state index contributed by atoms with van der Waals surface area (Å²) in [7, 11) is 3.01. The van der Waals surface area contributed by atoms with E-state index in [-0.39, 0.29) is 42.0 Å². The molecule has 42 heavy (non-hydrogen) atoms. The summed E-state index contributed by atoms with van der Waals surface area (Å²) in [6.07, 6.45) is -0.116. The Labute approximate surface area is 253 Å². The largest absolute Gasteiger partial charge is 0.496 e. The highest BCUT2D eigenvalue weighted by molar-refractivity contribution is 6.31. The summed E-state index contributed by atoms with van der Waals surface area (Å²) in [4.78, 5) is 42.4. The van der Waals surface area contributed by atoms with Crippen LogP contribution in [-0.4, -0.2) is 68.3 Å². The Balaban J connectivity index is 1.89. The summed E-state index contributed by atoms with van der Waals surface area (Å²) in [5.74, 6) is -0.0335. The van der Waals surface area contributed by atoms with Gasteiger partial charge < -0.3 is 29.1 Å². The quantitative estimate of drug-likeness (QED) is 0.343. The highest BCUT2D eigenvalue weighted by atomic mass is 35.5. The number of carbonyl (C=O) groups is 3. The van der Waals surface area contributed by atoms with Gasteiger partial charge in [0.1, 0.15) is 17.6 Å². The van der Waals surface area contributed by atoms with E-state index in [0.717, 1.165) is 0 Å². The number of carbonyl (C=O) groups excluding carboxylic acids is 3. The molecule has 230 valence electrons. The first kappa shape index (κ1) is 33.2. The van der Waals surface area contributed by atoms with Gasteiger partial charge in [-0.05, 0) is 37.3 Å². The minimum Gasteiger partial charge on any atom is -0.496 e. The predicted octanol–water partition coefficient (Wildman–Crippen LogP) is 5.40. The summed E-state index contributed by atoms with van der Waals surface area (Å²) >= 11 is 6.45. The van der Waals surface area contributed by atoms with Crippen LogP contribution in [0.3, 0.4) is 0 Å². The van der Waals surface area contributed by atoms with Crippen LogP contribution in [0.1, 0.15) is 70.6 Å². The van der Waals surface area contributed by atoms with E-state index in [1.54, 1.807) is 53.1 Å². The first-order valence-corrected chi connectivity index (χ1v) is 14.7. The van der Waals surface area contributed by atoms with Crippen molar-refractivity contribution in [2.75, 3.05) is 45.4 Å². The summed E-state index contributed by atoms with van der Waals surface area (Å²) in [6.45, 7) is 9.32. The lowest BCUT2D eigenvalue weighted by atomic mass is 9.93. The molecule has 2 aromatic carbocycles. The van der Waals surface area contributed by atoms with Crippen molar-refractivity contribution in [3.8, 4) is 11.5 Å². The van der Waals surface area contributed by atoms with Gasteiger partial charge in [0, 0.05) is 54.7 Å². The second-order valence-corrected chi connectivity index (χ2v) is 12.1. The minimum atomic E-state index is -1.18. The van der Waals surface area contributed by atoms with E-state index in [1.807, 2.05) is 20.8 Å². The van der Waals surface area contributed by atoms with Crippen molar-refractivity contribution in [1.29, 1.82) is 0 Å². The average molecular weight is 603 g/mol. The number of rotatable bonds is 11. The third kappa shape index (κ3) is 8.38. The van der Waals surface area contributed by atoms with E-state index in [9.17, 15) is 19.5 Å². The van der Waals surface area contributed by atoms with Crippen LogP contribution >= 0.6 is 11.6 Å². The van der Waals surface area contributed by atoms with Crippen molar-refractivity contribution in [3.63, 3.8) is 0 Å². The molecule has 1 saturated heterocycles. The second-order valence-electron chi connectivity index (χ2n) is 11.6. The number of piperidine rings is 1. The van der Waals surface area contributed by atoms with Gasteiger partial charge in [0.05, 0.1) is 32.4 Å². The molecule has 1 atom stereocenters. The summed E-state index contributed by atoms with van der Waals surface area (Å²) in [5, 5.41) is 12.0. The Kier molecular flexibility index (Phi) is 11.7. The maximum absolute atomic E-state index is 13.9. The Morgan fingerprint density at radius 1 is 1.02 bits per heavy atom. The number of benzene rings is 2. The number of nitrogens with zero attached hydrogens (tertiary/aromatic N) is 2. The van der Waals surface area contributed by atoms with Gasteiger partial charge in [-0.2, -0.15) is 0 Å². The third-order valence-corrected chi connectivity index (χ3v) is 7.46. The van der Waals surface area contributed by atoms with E-state index in [1.165, 1.54) is 14.2 Å². The molecular formula is C32H43ClN2O7. The molecule has 1 fully saturated rings. The molecule has 1 aliphatic rings. The van der Waals surface area contributed by atoms with Crippen molar-refractivity contribution in [3.05, 3.63) is 52.5 Å². The minimum absolute atomic E-state index is 0.0177. The molecular weight excluding hydrogens is 560 g/mol. The summed E-state index contributed by atoms with van der Waals surface area (Å²) < 4.78 is 16.3. The van der Waals surface area contributed by atoms with Gasteiger partial charge in [0.25, 0.3) is 0 Å². The van der Waals surface area contributed by atoms with Crippen LogP contribution in [0.4, 0.5) is 5.69 Å². The summed E-state index contributed by atoms with van der Waals surface area (Å²) in [5.41, 5.74) is 0.957.